The molecule has 2 heterocycles. The molecule has 0 saturated heterocycles. The Morgan fingerprint density at radius 2 is 2.19 bits per heavy atom. The van der Waals surface area contributed by atoms with Crippen LogP contribution >= 0.6 is 11.3 Å². The quantitative estimate of drug-likeness (QED) is 0.405. The standard InChI is InChI=1S/C21H28N6O3S/c1-4-16-24-17(26-21-23-12-15(31-21)14-7-6-8-14)11-19(25-16)30-10-9-22-18(28)13-27(3)20(29)5-2/h5,11-12,14H,2,4,6-10,13H2,1,3H3,(H,22,28)(H,23,24,25,26). The van der Waals surface area contributed by atoms with E-state index in [9.17, 15) is 9.59 Å². The highest BCUT2D eigenvalue weighted by atomic mass is 32.1. The van der Waals surface area contributed by atoms with Crippen molar-refractivity contribution in [3.05, 3.63) is 35.6 Å². The molecule has 0 aliphatic heterocycles. The number of nitrogens with zero attached hydrogens (tertiary/aromatic N) is 4. The highest BCUT2D eigenvalue weighted by Crippen LogP contribution is 2.40. The zero-order valence-electron chi connectivity index (χ0n) is 17.9. The lowest BCUT2D eigenvalue weighted by atomic mass is 9.85. The number of nitrogens with one attached hydrogen (secondary N) is 2. The normalized spacial score (nSPS) is 13.2. The van der Waals surface area contributed by atoms with Crippen LogP contribution in [0.2, 0.25) is 0 Å². The predicted molar refractivity (Wildman–Crippen MR) is 120 cm³/mol. The molecule has 10 heteroatoms. The molecule has 2 aromatic heterocycles. The highest BCUT2D eigenvalue weighted by Gasteiger charge is 2.22. The largest absolute Gasteiger partial charge is 0.476 e. The van der Waals surface area contributed by atoms with Gasteiger partial charge in [0, 0.05) is 30.6 Å². The van der Waals surface area contributed by atoms with Gasteiger partial charge in [-0.3, -0.25) is 9.59 Å². The Bertz CT molecular complexity index is 928. The Hall–Kier alpha value is -3.01. The number of aryl methyl sites for hydroxylation is 1. The van der Waals surface area contributed by atoms with Crippen molar-refractivity contribution in [3.63, 3.8) is 0 Å². The number of carbonyl (C=O) groups is 2. The molecule has 1 fully saturated rings. The van der Waals surface area contributed by atoms with Crippen molar-refractivity contribution in [2.75, 3.05) is 32.1 Å². The average molecular weight is 445 g/mol. The molecule has 0 unspecified atom stereocenters. The number of amides is 2. The lowest BCUT2D eigenvalue weighted by molar-refractivity contribution is -0.131. The van der Waals surface area contributed by atoms with Crippen LogP contribution in [0.3, 0.4) is 0 Å². The van der Waals surface area contributed by atoms with Gasteiger partial charge in [0.25, 0.3) is 0 Å². The van der Waals surface area contributed by atoms with E-state index in [4.69, 9.17) is 4.74 Å². The van der Waals surface area contributed by atoms with Gasteiger partial charge in [0.1, 0.15) is 18.2 Å². The van der Waals surface area contributed by atoms with E-state index in [1.165, 1.54) is 35.1 Å². The van der Waals surface area contributed by atoms with E-state index in [-0.39, 0.29) is 25.0 Å². The summed E-state index contributed by atoms with van der Waals surface area (Å²) in [6.45, 7) is 5.87. The first-order valence-corrected chi connectivity index (χ1v) is 11.2. The maximum atomic E-state index is 11.9. The molecule has 0 spiro atoms. The number of rotatable bonds is 11. The van der Waals surface area contributed by atoms with Crippen LogP contribution in [-0.4, -0.2) is 58.4 Å². The Labute approximate surface area is 185 Å². The minimum Gasteiger partial charge on any atom is -0.476 e. The predicted octanol–water partition coefficient (Wildman–Crippen LogP) is 2.65. The SMILES string of the molecule is C=CC(=O)N(C)CC(=O)NCCOc1cc(Nc2ncc(C3CCC3)s2)nc(CC)n1. The van der Waals surface area contributed by atoms with E-state index >= 15 is 0 Å². The van der Waals surface area contributed by atoms with E-state index in [1.54, 1.807) is 24.5 Å². The number of likely N-dealkylation sites (N-methyl/N-ethyl adjacent to an activating group) is 1. The van der Waals surface area contributed by atoms with E-state index in [0.29, 0.717) is 36.4 Å². The molecule has 1 saturated carbocycles. The summed E-state index contributed by atoms with van der Waals surface area (Å²) in [5.41, 5.74) is 0. The molecule has 0 bridgehead atoms. The summed E-state index contributed by atoms with van der Waals surface area (Å²) in [5.74, 6) is 1.78. The van der Waals surface area contributed by atoms with Gasteiger partial charge in [-0.2, -0.15) is 4.98 Å². The molecule has 166 valence electrons. The Morgan fingerprint density at radius 3 is 2.87 bits per heavy atom. The Balaban J connectivity index is 1.50. The van der Waals surface area contributed by atoms with Crippen molar-refractivity contribution in [2.24, 2.45) is 0 Å². The summed E-state index contributed by atoms with van der Waals surface area (Å²) in [6.07, 6.45) is 7.55. The van der Waals surface area contributed by atoms with Crippen LogP contribution in [0.15, 0.2) is 24.9 Å². The summed E-state index contributed by atoms with van der Waals surface area (Å²) in [5, 5.41) is 6.77. The number of hydrogen-bond donors (Lipinski definition) is 2. The molecule has 0 atom stereocenters. The van der Waals surface area contributed by atoms with Crippen molar-refractivity contribution >= 4 is 34.1 Å². The van der Waals surface area contributed by atoms with E-state index in [1.807, 2.05) is 13.1 Å². The molecular formula is C21H28N6O3S. The van der Waals surface area contributed by atoms with Crippen molar-refractivity contribution in [1.29, 1.82) is 0 Å². The minimum atomic E-state index is -0.306. The molecule has 31 heavy (non-hydrogen) atoms. The summed E-state index contributed by atoms with van der Waals surface area (Å²) in [4.78, 5) is 39.2. The lowest BCUT2D eigenvalue weighted by Gasteiger charge is -2.23. The minimum absolute atomic E-state index is 0.0386. The second-order valence-corrected chi connectivity index (χ2v) is 8.34. The van der Waals surface area contributed by atoms with Crippen LogP contribution < -0.4 is 15.4 Å². The molecule has 9 nitrogen and oxygen atoms in total. The molecule has 0 radical (unpaired) electrons. The van der Waals surface area contributed by atoms with Gasteiger partial charge in [0.15, 0.2) is 5.13 Å². The number of ether oxygens (including phenoxy) is 1. The fourth-order valence-corrected chi connectivity index (χ4v) is 3.95. The van der Waals surface area contributed by atoms with E-state index < -0.39 is 0 Å². The maximum Gasteiger partial charge on any atom is 0.246 e. The second-order valence-electron chi connectivity index (χ2n) is 7.28. The van der Waals surface area contributed by atoms with Gasteiger partial charge in [0.2, 0.25) is 17.7 Å². The molecule has 2 amide bonds. The maximum absolute atomic E-state index is 11.9. The van der Waals surface area contributed by atoms with Gasteiger partial charge < -0.3 is 20.3 Å². The topological polar surface area (TPSA) is 109 Å². The molecule has 0 aromatic carbocycles. The first kappa shape index (κ1) is 22.7. The molecule has 2 aromatic rings. The fraction of sp³-hybridized carbons (Fsp3) is 0.476. The molecule has 1 aliphatic carbocycles. The zero-order chi connectivity index (χ0) is 22.2. The van der Waals surface area contributed by atoms with Gasteiger partial charge in [-0.25, -0.2) is 9.97 Å². The van der Waals surface area contributed by atoms with Crippen LogP contribution in [0.25, 0.3) is 0 Å². The molecule has 1 aliphatic rings. The first-order chi connectivity index (χ1) is 15.0. The Kier molecular flexibility index (Phi) is 7.94. The highest BCUT2D eigenvalue weighted by molar-refractivity contribution is 7.15. The van der Waals surface area contributed by atoms with Crippen LogP contribution in [0, 0.1) is 0 Å². The number of thiazole rings is 1. The molecule has 3 rings (SSSR count). The number of aromatic nitrogens is 3. The molecule has 2 N–H and O–H groups in total. The Morgan fingerprint density at radius 1 is 1.39 bits per heavy atom. The van der Waals surface area contributed by atoms with Gasteiger partial charge in [-0.05, 0) is 24.8 Å². The van der Waals surface area contributed by atoms with Gasteiger partial charge in [-0.1, -0.05) is 19.9 Å². The summed E-state index contributed by atoms with van der Waals surface area (Å²) in [6, 6.07) is 1.72. The van der Waals surface area contributed by atoms with Gasteiger partial charge in [-0.15, -0.1) is 11.3 Å². The van der Waals surface area contributed by atoms with Crippen molar-refractivity contribution in [3.8, 4) is 5.88 Å². The lowest BCUT2D eigenvalue weighted by Crippen LogP contribution is -2.39. The number of carbonyl (C=O) groups excluding carboxylic acids is 2. The monoisotopic (exact) mass is 444 g/mol. The smallest absolute Gasteiger partial charge is 0.246 e. The zero-order valence-corrected chi connectivity index (χ0v) is 18.7. The third kappa shape index (κ3) is 6.48. The first-order valence-electron chi connectivity index (χ1n) is 10.4. The van der Waals surface area contributed by atoms with Gasteiger partial charge >= 0.3 is 0 Å². The van der Waals surface area contributed by atoms with E-state index in [2.05, 4.69) is 32.2 Å². The van der Waals surface area contributed by atoms with E-state index in [0.717, 1.165) is 5.13 Å². The van der Waals surface area contributed by atoms with Crippen LogP contribution in [0.1, 0.15) is 42.8 Å². The summed E-state index contributed by atoms with van der Waals surface area (Å²) >= 11 is 1.66. The number of hydrogen-bond acceptors (Lipinski definition) is 8. The third-order valence-corrected chi connectivity index (χ3v) is 6.01. The van der Waals surface area contributed by atoms with Crippen LogP contribution in [0.4, 0.5) is 10.9 Å². The number of anilines is 2. The van der Waals surface area contributed by atoms with Gasteiger partial charge in [0.05, 0.1) is 13.1 Å². The van der Waals surface area contributed by atoms with Crippen molar-refractivity contribution < 1.29 is 14.3 Å². The summed E-state index contributed by atoms with van der Waals surface area (Å²) in [7, 11) is 1.54. The van der Waals surface area contributed by atoms with Crippen LogP contribution in [0.5, 0.6) is 5.88 Å². The third-order valence-electron chi connectivity index (χ3n) is 4.94. The second kappa shape index (κ2) is 10.9. The average Bonchev–Trinajstić information content (AvgIpc) is 3.16. The summed E-state index contributed by atoms with van der Waals surface area (Å²) < 4.78 is 5.70. The van der Waals surface area contributed by atoms with Crippen molar-refractivity contribution in [1.82, 2.24) is 25.2 Å². The fourth-order valence-electron chi connectivity index (χ4n) is 2.96. The molecular weight excluding hydrogens is 416 g/mol. The van der Waals surface area contributed by atoms with Crippen LogP contribution in [-0.2, 0) is 16.0 Å². The van der Waals surface area contributed by atoms with Crippen molar-refractivity contribution in [2.45, 2.75) is 38.5 Å².